The molecule has 0 aliphatic heterocycles. The quantitative estimate of drug-likeness (QED) is 0.0522. The second kappa shape index (κ2) is 18.9. The Bertz CT molecular complexity index is 1570. The van der Waals surface area contributed by atoms with Gasteiger partial charge in [-0.15, -0.1) is 0 Å². The number of carbonyl (C=O) groups excluding carboxylic acids is 1. The number of imidazole rings is 1. The average Bonchev–Trinajstić information content (AvgIpc) is 3.49. The first-order valence-electron chi connectivity index (χ1n) is 18.6. The number of nitrogens with zero attached hydrogens (tertiary/aromatic N) is 3. The number of H-pyrrole nitrogens is 1. The summed E-state index contributed by atoms with van der Waals surface area (Å²) in [6.07, 6.45) is 16.6. The summed E-state index contributed by atoms with van der Waals surface area (Å²) in [6.45, 7) is 10.2. The Hall–Kier alpha value is -3.72. The molecular formula is C40H59N5O3Si. The Labute approximate surface area is 294 Å². The lowest BCUT2D eigenvalue weighted by Crippen LogP contribution is -2.64. The standard InChI is InChI=1S/C40H59N5O3Si/c1-5-6-7-8-9-10-11-12-13-14-21-26-35(46)48-30-32(29-45-31-42-36-37(45)43-39(41)44-38(36)47)27-28-49(40(2,3)4,33-22-17-15-18-23-33)34-24-19-16-20-25-34/h15-20,22-25,31-32H,5-14,21,26-30H2,1-4H3,(H3,41,43,44,47)/t32-/m1/s1. The Balaban J connectivity index is 1.45. The van der Waals surface area contributed by atoms with Gasteiger partial charge in [0.25, 0.3) is 5.56 Å². The van der Waals surface area contributed by atoms with E-state index in [1.165, 1.54) is 68.2 Å². The first-order valence-corrected chi connectivity index (χ1v) is 20.8. The summed E-state index contributed by atoms with van der Waals surface area (Å²) in [5, 5.41) is 2.81. The van der Waals surface area contributed by atoms with Crippen LogP contribution in [-0.2, 0) is 16.1 Å². The number of unbranched alkanes of at least 4 members (excludes halogenated alkanes) is 10. The van der Waals surface area contributed by atoms with Gasteiger partial charge in [-0.2, -0.15) is 4.98 Å². The number of nitrogen functional groups attached to an aromatic ring is 1. The van der Waals surface area contributed by atoms with Gasteiger partial charge >= 0.3 is 5.97 Å². The van der Waals surface area contributed by atoms with Gasteiger partial charge in [0.2, 0.25) is 5.95 Å². The number of fused-ring (bicyclic) bond motifs is 1. The maximum Gasteiger partial charge on any atom is 0.305 e. The van der Waals surface area contributed by atoms with Gasteiger partial charge < -0.3 is 15.0 Å². The minimum Gasteiger partial charge on any atom is -0.465 e. The van der Waals surface area contributed by atoms with E-state index in [1.807, 2.05) is 4.57 Å². The van der Waals surface area contributed by atoms with Crippen molar-refractivity contribution in [2.45, 2.75) is 129 Å². The van der Waals surface area contributed by atoms with Crippen molar-refractivity contribution in [3.63, 3.8) is 0 Å². The van der Waals surface area contributed by atoms with Crippen molar-refractivity contribution in [3.05, 3.63) is 77.3 Å². The van der Waals surface area contributed by atoms with Gasteiger partial charge in [-0.1, -0.05) is 163 Å². The van der Waals surface area contributed by atoms with Gasteiger partial charge in [0.1, 0.15) is 8.07 Å². The van der Waals surface area contributed by atoms with Crippen molar-refractivity contribution >= 4 is 41.5 Å². The first kappa shape index (κ1) is 38.1. The van der Waals surface area contributed by atoms with Crippen LogP contribution in [0.4, 0.5) is 5.95 Å². The summed E-state index contributed by atoms with van der Waals surface area (Å²) in [5.41, 5.74) is 6.27. The number of aromatic amines is 1. The fourth-order valence-electron chi connectivity index (χ4n) is 7.39. The molecule has 0 unspecified atom stereocenters. The van der Waals surface area contributed by atoms with Crippen molar-refractivity contribution in [1.29, 1.82) is 0 Å². The monoisotopic (exact) mass is 685 g/mol. The highest BCUT2D eigenvalue weighted by molar-refractivity contribution is 7.04. The molecule has 0 aliphatic rings. The summed E-state index contributed by atoms with van der Waals surface area (Å²) in [5.74, 6) is -0.0928. The van der Waals surface area contributed by atoms with Crippen LogP contribution in [0.3, 0.4) is 0 Å². The maximum absolute atomic E-state index is 13.0. The molecule has 0 radical (unpaired) electrons. The lowest BCUT2D eigenvalue weighted by molar-refractivity contribution is -0.145. The van der Waals surface area contributed by atoms with Crippen LogP contribution in [-0.4, -0.2) is 40.2 Å². The zero-order valence-electron chi connectivity index (χ0n) is 30.4. The van der Waals surface area contributed by atoms with E-state index < -0.39 is 8.07 Å². The number of nitrogens with two attached hydrogens (primary N) is 1. The van der Waals surface area contributed by atoms with Crippen molar-refractivity contribution in [2.75, 3.05) is 12.3 Å². The highest BCUT2D eigenvalue weighted by atomic mass is 28.3. The molecule has 8 nitrogen and oxygen atoms in total. The molecular weight excluding hydrogens is 627 g/mol. The second-order valence-corrected chi connectivity index (χ2v) is 19.7. The molecule has 2 aromatic heterocycles. The van der Waals surface area contributed by atoms with Crippen LogP contribution in [0.5, 0.6) is 0 Å². The number of hydrogen-bond acceptors (Lipinski definition) is 6. The predicted octanol–water partition coefficient (Wildman–Crippen LogP) is 8.02. The third-order valence-electron chi connectivity index (χ3n) is 10.2. The molecule has 1 atom stereocenters. The van der Waals surface area contributed by atoms with E-state index in [1.54, 1.807) is 6.33 Å². The molecule has 0 bridgehead atoms. The molecule has 3 N–H and O–H groups in total. The van der Waals surface area contributed by atoms with E-state index >= 15 is 0 Å². The number of ether oxygens (including phenoxy) is 1. The molecule has 49 heavy (non-hydrogen) atoms. The number of anilines is 1. The van der Waals surface area contributed by atoms with Crippen LogP contribution in [0.25, 0.3) is 11.2 Å². The lowest BCUT2D eigenvalue weighted by Gasteiger charge is -2.45. The van der Waals surface area contributed by atoms with E-state index in [0.29, 0.717) is 25.2 Å². The molecule has 2 heterocycles. The second-order valence-electron chi connectivity index (χ2n) is 14.8. The van der Waals surface area contributed by atoms with E-state index in [0.717, 1.165) is 25.3 Å². The minimum absolute atomic E-state index is 0.0109. The Morgan fingerprint density at radius 3 is 1.98 bits per heavy atom. The number of aromatic nitrogens is 4. The zero-order valence-corrected chi connectivity index (χ0v) is 31.4. The fourth-order valence-corrected chi connectivity index (χ4v) is 13.1. The summed E-state index contributed by atoms with van der Waals surface area (Å²) < 4.78 is 7.88. The number of esters is 1. The van der Waals surface area contributed by atoms with Crippen LogP contribution < -0.4 is 21.7 Å². The van der Waals surface area contributed by atoms with Gasteiger partial charge in [0.15, 0.2) is 11.2 Å². The minimum atomic E-state index is -2.35. The normalized spacial score (nSPS) is 12.7. The van der Waals surface area contributed by atoms with Gasteiger partial charge in [0, 0.05) is 18.9 Å². The fraction of sp³-hybridized carbons (Fsp3) is 0.550. The molecule has 4 rings (SSSR count). The summed E-state index contributed by atoms with van der Waals surface area (Å²) in [7, 11) is -2.35. The zero-order chi connectivity index (χ0) is 35.1. The Kier molecular flexibility index (Phi) is 14.7. The van der Waals surface area contributed by atoms with Crippen molar-refractivity contribution in [2.24, 2.45) is 5.92 Å². The number of hydrogen-bond donors (Lipinski definition) is 2. The molecule has 0 fully saturated rings. The van der Waals surface area contributed by atoms with Gasteiger partial charge in [-0.05, 0) is 23.9 Å². The lowest BCUT2D eigenvalue weighted by atomic mass is 10.1. The van der Waals surface area contributed by atoms with Crippen LogP contribution in [0, 0.1) is 5.92 Å². The van der Waals surface area contributed by atoms with Crippen LogP contribution >= 0.6 is 0 Å². The molecule has 0 spiro atoms. The highest BCUT2D eigenvalue weighted by Gasteiger charge is 2.47. The predicted molar refractivity (Wildman–Crippen MR) is 205 cm³/mol. The summed E-state index contributed by atoms with van der Waals surface area (Å²) in [4.78, 5) is 36.8. The van der Waals surface area contributed by atoms with Gasteiger partial charge in [-0.25, -0.2) is 4.98 Å². The number of rotatable bonds is 21. The van der Waals surface area contributed by atoms with E-state index in [-0.39, 0.29) is 33.9 Å². The van der Waals surface area contributed by atoms with Gasteiger partial charge in [-0.3, -0.25) is 14.6 Å². The Morgan fingerprint density at radius 1 is 0.878 bits per heavy atom. The van der Waals surface area contributed by atoms with Crippen molar-refractivity contribution in [1.82, 2.24) is 19.5 Å². The summed E-state index contributed by atoms with van der Waals surface area (Å²) >= 11 is 0. The topological polar surface area (TPSA) is 116 Å². The van der Waals surface area contributed by atoms with Crippen LogP contribution in [0.1, 0.15) is 111 Å². The van der Waals surface area contributed by atoms with Crippen LogP contribution in [0.2, 0.25) is 11.1 Å². The van der Waals surface area contributed by atoms with Crippen molar-refractivity contribution < 1.29 is 9.53 Å². The van der Waals surface area contributed by atoms with E-state index in [2.05, 4.69) is 103 Å². The van der Waals surface area contributed by atoms with E-state index in [4.69, 9.17) is 10.5 Å². The number of carbonyl (C=O) groups is 1. The molecule has 9 heteroatoms. The summed E-state index contributed by atoms with van der Waals surface area (Å²) in [6, 6.07) is 22.9. The molecule has 0 saturated carbocycles. The Morgan fingerprint density at radius 2 is 1.43 bits per heavy atom. The van der Waals surface area contributed by atoms with Crippen LogP contribution in [0.15, 0.2) is 71.8 Å². The van der Waals surface area contributed by atoms with Crippen molar-refractivity contribution in [3.8, 4) is 0 Å². The highest BCUT2D eigenvalue weighted by Crippen LogP contribution is 2.40. The molecule has 0 saturated heterocycles. The average molecular weight is 686 g/mol. The number of nitrogens with one attached hydrogen (secondary N) is 1. The first-order chi connectivity index (χ1) is 23.7. The third kappa shape index (κ3) is 10.6. The number of benzene rings is 2. The molecule has 0 aliphatic carbocycles. The molecule has 0 amide bonds. The molecule has 4 aromatic rings. The SMILES string of the molecule is CCCCCCCCCCCCCC(=O)OC[C@H](CC[Si](c1ccccc1)(c1ccccc1)C(C)(C)C)Cn1cnc2c(=O)[nH]c(N)nc21. The molecule has 266 valence electrons. The van der Waals surface area contributed by atoms with Gasteiger partial charge in [0.05, 0.1) is 12.9 Å². The third-order valence-corrected chi connectivity index (χ3v) is 16.4. The maximum atomic E-state index is 13.0. The largest absolute Gasteiger partial charge is 0.465 e. The molecule has 2 aromatic carbocycles. The smallest absolute Gasteiger partial charge is 0.305 e. The van der Waals surface area contributed by atoms with E-state index in [9.17, 15) is 9.59 Å².